The average Bonchev–Trinajstić information content (AvgIpc) is 2.67. The van der Waals surface area contributed by atoms with Crippen LogP contribution in [0.2, 0.25) is 0 Å². The van der Waals surface area contributed by atoms with Crippen molar-refractivity contribution >= 4 is 7.82 Å². The molecule has 0 amide bonds. The summed E-state index contributed by atoms with van der Waals surface area (Å²) in [5, 5.41) is 0. The Bertz CT molecular complexity index is 621. The lowest BCUT2D eigenvalue weighted by molar-refractivity contribution is 0.162. The fourth-order valence-corrected chi connectivity index (χ4v) is 5.55. The van der Waals surface area contributed by atoms with E-state index < -0.39 is 7.82 Å². The second-order valence-electron chi connectivity index (χ2n) is 8.61. The highest BCUT2D eigenvalue weighted by Crippen LogP contribution is 2.61. The molecule has 0 fully saturated rings. The van der Waals surface area contributed by atoms with Gasteiger partial charge in [-0.25, -0.2) is 0 Å². The number of hydrogen-bond donors (Lipinski definition) is 0. The summed E-state index contributed by atoms with van der Waals surface area (Å²) in [5.41, 5.74) is 3.88. The maximum atomic E-state index is 13.7. The lowest BCUT2D eigenvalue weighted by Crippen LogP contribution is -2.14. The van der Waals surface area contributed by atoms with E-state index >= 15 is 0 Å². The summed E-state index contributed by atoms with van der Waals surface area (Å²) in [4.78, 5) is 0. The van der Waals surface area contributed by atoms with Crippen LogP contribution in [0, 0.1) is 0 Å². The Labute approximate surface area is 177 Å². The van der Waals surface area contributed by atoms with Crippen LogP contribution < -0.4 is 0 Å². The van der Waals surface area contributed by atoms with E-state index in [-0.39, 0.29) is 0 Å². The van der Waals surface area contributed by atoms with Gasteiger partial charge in [0, 0.05) is 19.3 Å². The van der Waals surface area contributed by atoms with E-state index in [4.69, 9.17) is 13.6 Å². The minimum Gasteiger partial charge on any atom is -0.391 e. The molecule has 3 rings (SSSR count). The molecule has 0 aromatic rings. The molecule has 0 spiro atoms. The molecule has 164 valence electrons. The first-order valence-corrected chi connectivity index (χ1v) is 13.4. The highest BCUT2D eigenvalue weighted by atomic mass is 31.2. The molecule has 0 unspecified atom stereocenters. The zero-order valence-electron chi connectivity index (χ0n) is 18.7. The molecule has 0 aromatic heterocycles. The van der Waals surface area contributed by atoms with Crippen LogP contribution >= 0.6 is 7.82 Å². The molecule has 29 heavy (non-hydrogen) atoms. The summed E-state index contributed by atoms with van der Waals surface area (Å²) < 4.78 is 31.8. The number of rotatable bonds is 15. The van der Waals surface area contributed by atoms with Crippen LogP contribution in [0.4, 0.5) is 0 Å². The molecular weight excluding hydrogens is 383 g/mol. The van der Waals surface area contributed by atoms with Gasteiger partial charge >= 0.3 is 7.82 Å². The zero-order chi connectivity index (χ0) is 20.7. The molecule has 0 heterocycles. The Morgan fingerprint density at radius 1 is 0.586 bits per heavy atom. The lowest BCUT2D eigenvalue weighted by Gasteiger charge is -2.33. The summed E-state index contributed by atoms with van der Waals surface area (Å²) in [7, 11) is -3.67. The summed E-state index contributed by atoms with van der Waals surface area (Å²) >= 11 is 0. The number of unbranched alkanes of at least 4 members (excludes halogenated alkanes) is 3. The molecule has 0 aliphatic heterocycles. The number of allylic oxidation sites excluding steroid dienone is 6. The average molecular weight is 423 g/mol. The van der Waals surface area contributed by atoms with Crippen molar-refractivity contribution in [2.24, 2.45) is 0 Å². The van der Waals surface area contributed by atoms with E-state index in [0.717, 1.165) is 114 Å². The molecular formula is C24H39O4P. The predicted molar refractivity (Wildman–Crippen MR) is 118 cm³/mol. The smallest absolute Gasteiger partial charge is 0.391 e. The van der Waals surface area contributed by atoms with Crippen molar-refractivity contribution < 1.29 is 18.1 Å². The first kappa shape index (κ1) is 22.5. The van der Waals surface area contributed by atoms with E-state index in [1.165, 1.54) is 16.7 Å². The van der Waals surface area contributed by atoms with Gasteiger partial charge in [-0.2, -0.15) is 4.57 Å². The second kappa shape index (κ2) is 10.8. The van der Waals surface area contributed by atoms with Crippen molar-refractivity contribution in [2.45, 2.75) is 117 Å². The van der Waals surface area contributed by atoms with Crippen LogP contribution in [-0.2, 0) is 18.1 Å². The Morgan fingerprint density at radius 3 is 1.10 bits per heavy atom. The third-order valence-corrected chi connectivity index (χ3v) is 7.64. The standard InChI is InChI=1S/C24H39O4P/c1-4-7-10-19-13-16-22(19)26-29(25,27-23-17-14-20(23)11-8-5-2)28-24-18-15-21(24)12-9-6-3/h4-18H2,1-3H3. The summed E-state index contributed by atoms with van der Waals surface area (Å²) in [6.45, 7) is 6.58. The van der Waals surface area contributed by atoms with Crippen LogP contribution in [0.5, 0.6) is 0 Å². The van der Waals surface area contributed by atoms with E-state index in [0.29, 0.717) is 0 Å². The number of phosphoric ester groups is 1. The minimum absolute atomic E-state index is 0.846. The molecule has 3 aliphatic carbocycles. The second-order valence-corrected chi connectivity index (χ2v) is 10.1. The highest BCUT2D eigenvalue weighted by Gasteiger charge is 2.41. The topological polar surface area (TPSA) is 44.8 Å². The quantitative estimate of drug-likeness (QED) is 0.247. The van der Waals surface area contributed by atoms with Crippen molar-refractivity contribution in [2.75, 3.05) is 0 Å². The zero-order valence-corrected chi connectivity index (χ0v) is 19.6. The molecule has 0 saturated heterocycles. The van der Waals surface area contributed by atoms with E-state index in [1.807, 2.05) is 0 Å². The Hall–Kier alpha value is -1.15. The van der Waals surface area contributed by atoms with E-state index in [9.17, 15) is 4.57 Å². The van der Waals surface area contributed by atoms with E-state index in [1.54, 1.807) is 0 Å². The Kier molecular flexibility index (Phi) is 8.35. The van der Waals surface area contributed by atoms with Gasteiger partial charge in [-0.1, -0.05) is 40.0 Å². The van der Waals surface area contributed by atoms with Gasteiger partial charge in [-0.05, 0) is 74.5 Å². The van der Waals surface area contributed by atoms with Gasteiger partial charge in [0.15, 0.2) is 0 Å². The summed E-state index contributed by atoms with van der Waals surface area (Å²) in [5.74, 6) is 2.56. The molecule has 0 bridgehead atoms. The predicted octanol–water partition coefficient (Wildman–Crippen LogP) is 8.86. The largest absolute Gasteiger partial charge is 0.646 e. The minimum atomic E-state index is -3.67. The van der Waals surface area contributed by atoms with Gasteiger partial charge in [0.1, 0.15) is 17.3 Å². The van der Waals surface area contributed by atoms with Crippen molar-refractivity contribution in [3.63, 3.8) is 0 Å². The first-order valence-electron chi connectivity index (χ1n) is 11.9. The van der Waals surface area contributed by atoms with Crippen LogP contribution in [-0.4, -0.2) is 0 Å². The lowest BCUT2D eigenvalue weighted by atomic mass is 9.92. The Balaban J connectivity index is 1.74. The summed E-state index contributed by atoms with van der Waals surface area (Å²) in [6, 6.07) is 0. The monoisotopic (exact) mass is 422 g/mol. The van der Waals surface area contributed by atoms with Crippen molar-refractivity contribution in [1.29, 1.82) is 0 Å². The maximum absolute atomic E-state index is 13.7. The maximum Gasteiger partial charge on any atom is 0.646 e. The number of phosphoric acid groups is 1. The van der Waals surface area contributed by atoms with Gasteiger partial charge in [0.05, 0.1) is 0 Å². The molecule has 0 N–H and O–H groups in total. The third kappa shape index (κ3) is 5.94. The van der Waals surface area contributed by atoms with Crippen LogP contribution in [0.25, 0.3) is 0 Å². The van der Waals surface area contributed by atoms with Crippen molar-refractivity contribution in [3.8, 4) is 0 Å². The summed E-state index contributed by atoms with van der Waals surface area (Å²) in [6.07, 6.45) is 15.7. The molecule has 0 saturated carbocycles. The molecule has 0 radical (unpaired) electrons. The fourth-order valence-electron chi connectivity index (χ4n) is 3.97. The molecule has 5 heteroatoms. The third-order valence-electron chi connectivity index (χ3n) is 6.31. The van der Waals surface area contributed by atoms with Gasteiger partial charge in [-0.3, -0.25) is 0 Å². The van der Waals surface area contributed by atoms with Crippen LogP contribution in [0.1, 0.15) is 117 Å². The van der Waals surface area contributed by atoms with Crippen LogP contribution in [0.15, 0.2) is 34.0 Å². The Morgan fingerprint density at radius 2 is 0.897 bits per heavy atom. The van der Waals surface area contributed by atoms with Gasteiger partial charge < -0.3 is 13.6 Å². The molecule has 0 aromatic carbocycles. The molecule has 0 atom stereocenters. The molecule has 3 aliphatic rings. The van der Waals surface area contributed by atoms with Crippen molar-refractivity contribution in [1.82, 2.24) is 0 Å². The van der Waals surface area contributed by atoms with Gasteiger partial charge in [-0.15, -0.1) is 0 Å². The van der Waals surface area contributed by atoms with E-state index in [2.05, 4.69) is 20.8 Å². The first-order chi connectivity index (χ1) is 14.1. The normalized spacial score (nSPS) is 19.0. The highest BCUT2D eigenvalue weighted by molar-refractivity contribution is 7.48. The van der Waals surface area contributed by atoms with Crippen molar-refractivity contribution in [3.05, 3.63) is 34.0 Å². The number of hydrogen-bond acceptors (Lipinski definition) is 4. The van der Waals surface area contributed by atoms with Gasteiger partial charge in [0.25, 0.3) is 0 Å². The SMILES string of the molecule is CCCCC1=C(OP(=O)(OC2=C(CCCC)CC2)OC2=C(CCCC)CC2)CC1. The fraction of sp³-hybridized carbons (Fsp3) is 0.750. The molecule has 4 nitrogen and oxygen atoms in total. The van der Waals surface area contributed by atoms with Crippen LogP contribution in [0.3, 0.4) is 0 Å². The van der Waals surface area contributed by atoms with Gasteiger partial charge in [0.2, 0.25) is 0 Å².